The maximum Gasteiger partial charge on any atom is 0.389 e. The molecule has 0 aromatic rings. The highest BCUT2D eigenvalue weighted by molar-refractivity contribution is 5.83. The van der Waals surface area contributed by atoms with E-state index >= 15 is 0 Å². The number of aliphatic hydroxyl groups excluding tert-OH is 4. The van der Waals surface area contributed by atoms with Crippen molar-refractivity contribution < 1.29 is 38.4 Å². The average molecular weight is 344 g/mol. The van der Waals surface area contributed by atoms with Crippen LogP contribution in [-0.2, 0) is 4.79 Å². The van der Waals surface area contributed by atoms with Gasteiger partial charge in [0, 0.05) is 19.5 Å². The van der Waals surface area contributed by atoms with Gasteiger partial charge in [0.25, 0.3) is 0 Å². The molecule has 1 amide bonds. The van der Waals surface area contributed by atoms with Crippen molar-refractivity contribution in [3.05, 3.63) is 0 Å². The molecule has 1 aliphatic heterocycles. The van der Waals surface area contributed by atoms with Crippen molar-refractivity contribution in [3.8, 4) is 0 Å². The molecule has 5 N–H and O–H groups in total. The molecule has 1 saturated heterocycles. The molecule has 0 spiro atoms. The van der Waals surface area contributed by atoms with Crippen molar-refractivity contribution >= 4 is 5.91 Å². The monoisotopic (exact) mass is 344 g/mol. The van der Waals surface area contributed by atoms with Crippen LogP contribution in [-0.4, -0.2) is 87.5 Å². The van der Waals surface area contributed by atoms with Crippen LogP contribution in [0.5, 0.6) is 0 Å². The van der Waals surface area contributed by atoms with Crippen molar-refractivity contribution in [1.82, 2.24) is 10.2 Å². The molecular formula is C13H23F3N2O5. The lowest BCUT2D eigenvalue weighted by Gasteiger charge is -2.41. The van der Waals surface area contributed by atoms with Crippen LogP contribution in [0.3, 0.4) is 0 Å². The van der Waals surface area contributed by atoms with Crippen LogP contribution in [0.1, 0.15) is 19.8 Å². The fourth-order valence-electron chi connectivity index (χ4n) is 2.53. The Kier molecular flexibility index (Phi) is 7.21. The number of nitrogens with zero attached hydrogens (tertiary/aromatic N) is 1. The molecule has 0 bridgehead atoms. The second kappa shape index (κ2) is 8.25. The predicted octanol–water partition coefficient (Wildman–Crippen LogP) is -1.41. The first-order valence-electron chi connectivity index (χ1n) is 7.39. The average Bonchev–Trinajstić information content (AvgIpc) is 2.48. The Morgan fingerprint density at radius 3 is 2.26 bits per heavy atom. The SMILES string of the molecule is CCN(CCCC(F)(F)F)C(=O)[C@H]1N[C@H](CO)[C@@H](O)[C@H](O)[C@@H]1O. The number of rotatable bonds is 6. The van der Waals surface area contributed by atoms with Crippen LogP contribution >= 0.6 is 0 Å². The lowest BCUT2D eigenvalue weighted by molar-refractivity contribution is -0.155. The molecule has 1 fully saturated rings. The van der Waals surface area contributed by atoms with E-state index in [0.717, 1.165) is 4.90 Å². The number of nitrogens with one attached hydrogen (secondary N) is 1. The quantitative estimate of drug-likeness (QED) is 0.405. The Labute approximate surface area is 131 Å². The van der Waals surface area contributed by atoms with E-state index in [9.17, 15) is 33.3 Å². The van der Waals surface area contributed by atoms with E-state index < -0.39 is 55.5 Å². The van der Waals surface area contributed by atoms with Crippen molar-refractivity contribution in [2.45, 2.75) is 56.3 Å². The molecule has 0 aromatic carbocycles. The van der Waals surface area contributed by atoms with Gasteiger partial charge in [-0.2, -0.15) is 13.2 Å². The second-order valence-corrected chi connectivity index (χ2v) is 5.54. The summed E-state index contributed by atoms with van der Waals surface area (Å²) in [4.78, 5) is 13.5. The number of amides is 1. The van der Waals surface area contributed by atoms with Crippen molar-refractivity contribution in [2.75, 3.05) is 19.7 Å². The van der Waals surface area contributed by atoms with Crippen molar-refractivity contribution in [1.29, 1.82) is 0 Å². The third-order valence-electron chi connectivity index (χ3n) is 3.89. The minimum atomic E-state index is -4.31. The third-order valence-corrected chi connectivity index (χ3v) is 3.89. The standard InChI is InChI=1S/C13H23F3N2O5/c1-2-18(5-3-4-13(14,15)16)12(23)8-10(21)11(22)9(20)7(6-19)17-8/h7-11,17,19-22H,2-6H2,1H3/t7-,8+,9-,10-,11+/m1/s1. The number of carbonyl (C=O) groups is 1. The van der Waals surface area contributed by atoms with Crippen LogP contribution in [0.2, 0.25) is 0 Å². The van der Waals surface area contributed by atoms with Crippen LogP contribution in [0.15, 0.2) is 0 Å². The number of halogens is 3. The molecule has 0 radical (unpaired) electrons. The molecule has 0 aromatic heterocycles. The molecule has 1 heterocycles. The van der Waals surface area contributed by atoms with Gasteiger partial charge in [-0.1, -0.05) is 0 Å². The number of carbonyl (C=O) groups excluding carboxylic acids is 1. The van der Waals surface area contributed by atoms with Gasteiger partial charge in [0.2, 0.25) is 5.91 Å². The molecule has 23 heavy (non-hydrogen) atoms. The van der Waals surface area contributed by atoms with Crippen LogP contribution < -0.4 is 5.32 Å². The normalized spacial score (nSPS) is 31.9. The zero-order valence-corrected chi connectivity index (χ0v) is 12.7. The highest BCUT2D eigenvalue weighted by Crippen LogP contribution is 2.22. The lowest BCUT2D eigenvalue weighted by Crippen LogP contribution is -2.69. The van der Waals surface area contributed by atoms with Crippen LogP contribution in [0.4, 0.5) is 13.2 Å². The number of hydrogen-bond acceptors (Lipinski definition) is 6. The molecule has 0 saturated carbocycles. The van der Waals surface area contributed by atoms with Crippen molar-refractivity contribution in [2.24, 2.45) is 0 Å². The van der Waals surface area contributed by atoms with Gasteiger partial charge in [0.15, 0.2) is 0 Å². The van der Waals surface area contributed by atoms with Gasteiger partial charge < -0.3 is 25.3 Å². The molecular weight excluding hydrogens is 321 g/mol. The molecule has 0 unspecified atom stereocenters. The largest absolute Gasteiger partial charge is 0.395 e. The van der Waals surface area contributed by atoms with Gasteiger partial charge in [-0.3, -0.25) is 10.1 Å². The maximum atomic E-state index is 12.4. The summed E-state index contributed by atoms with van der Waals surface area (Å²) in [5.41, 5.74) is 0. The summed E-state index contributed by atoms with van der Waals surface area (Å²) in [5, 5.41) is 41.0. The van der Waals surface area contributed by atoms with E-state index in [4.69, 9.17) is 5.11 Å². The Morgan fingerprint density at radius 1 is 1.17 bits per heavy atom. The summed E-state index contributed by atoms with van der Waals surface area (Å²) in [6.07, 6.45) is -10.3. The second-order valence-electron chi connectivity index (χ2n) is 5.54. The molecule has 0 aliphatic carbocycles. The molecule has 1 aliphatic rings. The molecule has 1 rings (SSSR count). The maximum absolute atomic E-state index is 12.4. The summed E-state index contributed by atoms with van der Waals surface area (Å²) in [6, 6.07) is -2.33. The lowest BCUT2D eigenvalue weighted by atomic mass is 9.90. The highest BCUT2D eigenvalue weighted by atomic mass is 19.4. The van der Waals surface area contributed by atoms with E-state index in [1.54, 1.807) is 6.92 Å². The Balaban J connectivity index is 2.71. The number of likely N-dealkylation sites (N-methyl/N-ethyl adjacent to an activating group) is 1. The van der Waals surface area contributed by atoms with Gasteiger partial charge in [-0.15, -0.1) is 0 Å². The Bertz CT molecular complexity index is 394. The summed E-state index contributed by atoms with van der Waals surface area (Å²) in [5.74, 6) is -0.688. The van der Waals surface area contributed by atoms with Gasteiger partial charge in [-0.25, -0.2) is 0 Å². The van der Waals surface area contributed by atoms with Gasteiger partial charge in [0.1, 0.15) is 24.4 Å². The molecule has 136 valence electrons. The van der Waals surface area contributed by atoms with E-state index in [1.165, 1.54) is 0 Å². The minimum absolute atomic E-state index is 0.129. The van der Waals surface area contributed by atoms with Crippen LogP contribution in [0, 0.1) is 0 Å². The van der Waals surface area contributed by atoms with Gasteiger partial charge >= 0.3 is 6.18 Å². The predicted molar refractivity (Wildman–Crippen MR) is 73.4 cm³/mol. The fourth-order valence-corrected chi connectivity index (χ4v) is 2.53. The fraction of sp³-hybridized carbons (Fsp3) is 0.923. The number of piperidine rings is 1. The summed E-state index contributed by atoms with van der Waals surface area (Å²) >= 11 is 0. The first-order chi connectivity index (χ1) is 10.6. The van der Waals surface area contributed by atoms with E-state index in [-0.39, 0.29) is 19.5 Å². The number of alkyl halides is 3. The number of hydrogen-bond donors (Lipinski definition) is 5. The van der Waals surface area contributed by atoms with E-state index in [0.29, 0.717) is 0 Å². The van der Waals surface area contributed by atoms with Gasteiger partial charge in [0.05, 0.1) is 12.6 Å². The summed E-state index contributed by atoms with van der Waals surface area (Å²) < 4.78 is 36.5. The first-order valence-corrected chi connectivity index (χ1v) is 7.39. The zero-order valence-electron chi connectivity index (χ0n) is 12.7. The van der Waals surface area contributed by atoms with Gasteiger partial charge in [-0.05, 0) is 13.3 Å². The molecule has 7 nitrogen and oxygen atoms in total. The summed E-state index contributed by atoms with van der Waals surface area (Å²) in [7, 11) is 0. The molecule has 5 atom stereocenters. The minimum Gasteiger partial charge on any atom is -0.395 e. The first kappa shape index (κ1) is 20.1. The van der Waals surface area contributed by atoms with E-state index in [1.807, 2.05) is 0 Å². The topological polar surface area (TPSA) is 113 Å². The van der Waals surface area contributed by atoms with Crippen LogP contribution in [0.25, 0.3) is 0 Å². The number of aliphatic hydroxyl groups is 4. The van der Waals surface area contributed by atoms with Crippen molar-refractivity contribution in [3.63, 3.8) is 0 Å². The Hall–Kier alpha value is -0.940. The smallest absolute Gasteiger partial charge is 0.389 e. The molecule has 10 heteroatoms. The third kappa shape index (κ3) is 5.28. The zero-order chi connectivity index (χ0) is 17.8. The van der Waals surface area contributed by atoms with E-state index in [2.05, 4.69) is 5.32 Å². The Morgan fingerprint density at radius 2 is 1.78 bits per heavy atom. The summed E-state index contributed by atoms with van der Waals surface area (Å²) in [6.45, 7) is 0.983. The highest BCUT2D eigenvalue weighted by Gasteiger charge is 2.45.